The molecule has 364 valence electrons. The molecule has 6 nitrogen and oxygen atoms in total. The molecule has 0 aromatic rings. The third-order valence-electron chi connectivity index (χ3n) is 12.2. The summed E-state index contributed by atoms with van der Waals surface area (Å²) in [4.78, 5) is 38.0. The number of allylic oxidation sites excluding steroid dienone is 4. The van der Waals surface area contributed by atoms with Gasteiger partial charge in [-0.25, -0.2) is 0 Å². The molecule has 0 saturated heterocycles. The van der Waals surface area contributed by atoms with Crippen molar-refractivity contribution < 1.29 is 28.6 Å². The Balaban J connectivity index is 4.25. The first kappa shape index (κ1) is 59.9. The van der Waals surface area contributed by atoms with Gasteiger partial charge in [0.1, 0.15) is 13.2 Å². The van der Waals surface area contributed by atoms with Crippen molar-refractivity contribution in [1.29, 1.82) is 0 Å². The summed E-state index contributed by atoms with van der Waals surface area (Å²) >= 11 is 0. The van der Waals surface area contributed by atoms with Crippen LogP contribution in [-0.4, -0.2) is 37.2 Å². The Morgan fingerprint density at radius 3 is 0.919 bits per heavy atom. The van der Waals surface area contributed by atoms with Crippen LogP contribution in [0.5, 0.6) is 0 Å². The van der Waals surface area contributed by atoms with E-state index in [9.17, 15) is 14.4 Å². The van der Waals surface area contributed by atoms with Crippen molar-refractivity contribution in [2.45, 2.75) is 303 Å². The van der Waals surface area contributed by atoms with Crippen LogP contribution in [0.25, 0.3) is 0 Å². The maximum absolute atomic E-state index is 12.8. The topological polar surface area (TPSA) is 78.9 Å². The van der Waals surface area contributed by atoms with Crippen molar-refractivity contribution in [2.75, 3.05) is 13.2 Å². The van der Waals surface area contributed by atoms with Crippen LogP contribution in [0.1, 0.15) is 297 Å². The highest BCUT2D eigenvalue weighted by Crippen LogP contribution is 2.16. The lowest BCUT2D eigenvalue weighted by Crippen LogP contribution is -2.30. The fourth-order valence-corrected chi connectivity index (χ4v) is 8.06. The fourth-order valence-electron chi connectivity index (χ4n) is 8.06. The molecule has 0 aliphatic rings. The van der Waals surface area contributed by atoms with Crippen LogP contribution in [0.4, 0.5) is 0 Å². The smallest absolute Gasteiger partial charge is 0.306 e. The second-order valence-corrected chi connectivity index (χ2v) is 18.5. The van der Waals surface area contributed by atoms with Crippen LogP contribution in [-0.2, 0) is 28.6 Å². The summed E-state index contributed by atoms with van der Waals surface area (Å²) in [5.41, 5.74) is 0. The molecule has 0 saturated carbocycles. The van der Waals surface area contributed by atoms with Crippen molar-refractivity contribution in [3.8, 4) is 0 Å². The maximum Gasteiger partial charge on any atom is 0.306 e. The van der Waals surface area contributed by atoms with Crippen molar-refractivity contribution in [3.05, 3.63) is 24.3 Å². The molecule has 6 heteroatoms. The molecular formula is C56H104O6. The van der Waals surface area contributed by atoms with Gasteiger partial charge in [-0.15, -0.1) is 0 Å². The van der Waals surface area contributed by atoms with Crippen LogP contribution in [0, 0.1) is 0 Å². The van der Waals surface area contributed by atoms with E-state index >= 15 is 0 Å². The summed E-state index contributed by atoms with van der Waals surface area (Å²) in [5.74, 6) is -0.858. The SMILES string of the molecule is CCCCC/C=C\C/C=C\CCCCCCCCCCCC(=O)OC[C@@H](COC(=O)CCCCCCCCCCC)OC(=O)CCCCCCCCCCCCCCCCCC. The summed E-state index contributed by atoms with van der Waals surface area (Å²) < 4.78 is 16.8. The predicted octanol–water partition coefficient (Wildman–Crippen LogP) is 17.9. The quantitative estimate of drug-likeness (QED) is 0.0262. The van der Waals surface area contributed by atoms with Gasteiger partial charge in [-0.2, -0.15) is 0 Å². The number of hydrogen-bond acceptors (Lipinski definition) is 6. The van der Waals surface area contributed by atoms with Gasteiger partial charge in [-0.05, 0) is 51.4 Å². The molecule has 0 heterocycles. The molecule has 0 aliphatic carbocycles. The molecule has 0 N–H and O–H groups in total. The average Bonchev–Trinajstić information content (AvgIpc) is 3.27. The maximum atomic E-state index is 12.8. The second-order valence-electron chi connectivity index (χ2n) is 18.5. The largest absolute Gasteiger partial charge is 0.462 e. The van der Waals surface area contributed by atoms with Crippen molar-refractivity contribution in [2.24, 2.45) is 0 Å². The van der Waals surface area contributed by atoms with E-state index in [1.807, 2.05) is 0 Å². The number of ether oxygens (including phenoxy) is 3. The highest BCUT2D eigenvalue weighted by atomic mass is 16.6. The molecular weight excluding hydrogens is 769 g/mol. The van der Waals surface area contributed by atoms with Gasteiger partial charge in [-0.1, -0.05) is 251 Å². The molecule has 0 radical (unpaired) electrons. The minimum atomic E-state index is -0.766. The van der Waals surface area contributed by atoms with Crippen LogP contribution in [0.2, 0.25) is 0 Å². The number of carbonyl (C=O) groups excluding carboxylic acids is 3. The fraction of sp³-hybridized carbons (Fsp3) is 0.875. The molecule has 0 unspecified atom stereocenters. The zero-order valence-corrected chi connectivity index (χ0v) is 41.7. The molecule has 0 amide bonds. The Morgan fingerprint density at radius 2 is 0.581 bits per heavy atom. The first-order valence-corrected chi connectivity index (χ1v) is 27.3. The summed E-state index contributed by atoms with van der Waals surface area (Å²) in [6, 6.07) is 0. The molecule has 0 spiro atoms. The predicted molar refractivity (Wildman–Crippen MR) is 266 cm³/mol. The van der Waals surface area contributed by atoms with E-state index in [4.69, 9.17) is 14.2 Å². The number of carbonyl (C=O) groups is 3. The molecule has 0 bridgehead atoms. The first-order valence-electron chi connectivity index (χ1n) is 27.3. The number of esters is 3. The summed E-state index contributed by atoms with van der Waals surface area (Å²) in [6.45, 7) is 6.63. The Morgan fingerprint density at radius 1 is 0.323 bits per heavy atom. The number of unbranched alkanes of at least 4 members (excludes halogenated alkanes) is 35. The van der Waals surface area contributed by atoms with Gasteiger partial charge in [0.15, 0.2) is 6.10 Å². The summed E-state index contributed by atoms with van der Waals surface area (Å²) in [5, 5.41) is 0. The van der Waals surface area contributed by atoms with E-state index in [1.54, 1.807) is 0 Å². The van der Waals surface area contributed by atoms with Crippen LogP contribution < -0.4 is 0 Å². The Hall–Kier alpha value is -2.11. The third kappa shape index (κ3) is 48.9. The third-order valence-corrected chi connectivity index (χ3v) is 12.2. The second kappa shape index (κ2) is 51.5. The summed E-state index contributed by atoms with van der Waals surface area (Å²) in [7, 11) is 0. The lowest BCUT2D eigenvalue weighted by molar-refractivity contribution is -0.167. The molecule has 1 atom stereocenters. The first-order chi connectivity index (χ1) is 30.5. The van der Waals surface area contributed by atoms with Gasteiger partial charge < -0.3 is 14.2 Å². The van der Waals surface area contributed by atoms with E-state index in [1.165, 1.54) is 193 Å². The van der Waals surface area contributed by atoms with Gasteiger partial charge >= 0.3 is 17.9 Å². The van der Waals surface area contributed by atoms with Gasteiger partial charge in [0.25, 0.3) is 0 Å². The molecule has 0 aromatic heterocycles. The minimum Gasteiger partial charge on any atom is -0.462 e. The lowest BCUT2D eigenvalue weighted by Gasteiger charge is -2.18. The van der Waals surface area contributed by atoms with Crippen molar-refractivity contribution in [1.82, 2.24) is 0 Å². The monoisotopic (exact) mass is 873 g/mol. The molecule has 0 fully saturated rings. The minimum absolute atomic E-state index is 0.0677. The van der Waals surface area contributed by atoms with E-state index < -0.39 is 6.10 Å². The summed E-state index contributed by atoms with van der Waals surface area (Å²) in [6.07, 6.45) is 58.8. The molecule has 0 rings (SSSR count). The zero-order valence-electron chi connectivity index (χ0n) is 41.7. The average molecular weight is 873 g/mol. The lowest BCUT2D eigenvalue weighted by atomic mass is 10.0. The van der Waals surface area contributed by atoms with Crippen LogP contribution in [0.15, 0.2) is 24.3 Å². The molecule has 0 aromatic carbocycles. The van der Waals surface area contributed by atoms with Crippen molar-refractivity contribution in [3.63, 3.8) is 0 Å². The standard InChI is InChI=1S/C56H104O6/c1-4-7-10-13-16-19-21-23-25-27-28-29-31-32-34-37-40-43-46-49-55(58)61-52-53(51-60-54(57)48-45-42-39-36-18-15-12-9-6-3)62-56(59)50-47-44-41-38-35-33-30-26-24-22-20-17-14-11-8-5-2/h16,19,23,25,53H,4-15,17-18,20-22,24,26-52H2,1-3H3/b19-16-,25-23-/t53-/m1/s1. The van der Waals surface area contributed by atoms with Crippen molar-refractivity contribution >= 4 is 17.9 Å². The molecule has 62 heavy (non-hydrogen) atoms. The van der Waals surface area contributed by atoms with Crippen LogP contribution >= 0.6 is 0 Å². The highest BCUT2D eigenvalue weighted by molar-refractivity contribution is 5.71. The van der Waals surface area contributed by atoms with Gasteiger partial charge in [0.05, 0.1) is 0 Å². The van der Waals surface area contributed by atoms with Gasteiger partial charge in [0.2, 0.25) is 0 Å². The van der Waals surface area contributed by atoms with E-state index in [2.05, 4.69) is 45.1 Å². The van der Waals surface area contributed by atoms with Gasteiger partial charge in [0, 0.05) is 19.3 Å². The highest BCUT2D eigenvalue weighted by Gasteiger charge is 2.19. The molecule has 0 aliphatic heterocycles. The Bertz CT molecular complexity index is 1000. The van der Waals surface area contributed by atoms with Gasteiger partial charge in [-0.3, -0.25) is 14.4 Å². The zero-order chi connectivity index (χ0) is 45.1. The normalized spacial score (nSPS) is 12.1. The number of hydrogen-bond donors (Lipinski definition) is 0. The van der Waals surface area contributed by atoms with Crippen LogP contribution in [0.3, 0.4) is 0 Å². The van der Waals surface area contributed by atoms with E-state index in [-0.39, 0.29) is 31.1 Å². The number of rotatable bonds is 50. The Kier molecular flexibility index (Phi) is 49.8. The van der Waals surface area contributed by atoms with E-state index in [0.717, 1.165) is 64.2 Å². The van der Waals surface area contributed by atoms with E-state index in [0.29, 0.717) is 19.3 Å². The Labute approximate surface area is 385 Å².